The zero-order valence-electron chi connectivity index (χ0n) is 17.9. The van der Waals surface area contributed by atoms with Gasteiger partial charge in [-0.1, -0.05) is 24.3 Å². The summed E-state index contributed by atoms with van der Waals surface area (Å²) in [7, 11) is 0. The summed E-state index contributed by atoms with van der Waals surface area (Å²) in [5, 5.41) is 14.5. The molecule has 8 heteroatoms. The van der Waals surface area contributed by atoms with Gasteiger partial charge in [-0.3, -0.25) is 9.59 Å². The molecule has 1 saturated heterocycles. The Kier molecular flexibility index (Phi) is 5.73. The zero-order chi connectivity index (χ0) is 22.0. The molecular formula is C23H27N5O3. The van der Waals surface area contributed by atoms with Gasteiger partial charge in [-0.15, -0.1) is 0 Å². The number of benzene rings is 1. The molecule has 0 aliphatic carbocycles. The van der Waals surface area contributed by atoms with Crippen molar-refractivity contribution in [1.29, 1.82) is 0 Å². The fourth-order valence-corrected chi connectivity index (χ4v) is 3.87. The first kappa shape index (κ1) is 21.0. The molecule has 162 valence electrons. The van der Waals surface area contributed by atoms with Gasteiger partial charge >= 0.3 is 0 Å². The lowest BCUT2D eigenvalue weighted by Crippen LogP contribution is -2.31. The van der Waals surface area contributed by atoms with Crippen molar-refractivity contribution in [3.8, 4) is 0 Å². The molecule has 0 radical (unpaired) electrons. The van der Waals surface area contributed by atoms with Gasteiger partial charge in [0.05, 0.1) is 23.9 Å². The molecule has 2 aromatic heterocycles. The summed E-state index contributed by atoms with van der Waals surface area (Å²) >= 11 is 0. The molecule has 1 aliphatic heterocycles. The summed E-state index contributed by atoms with van der Waals surface area (Å²) < 4.78 is 1.78. The Bertz CT molecular complexity index is 1080. The number of hydrogen-bond acceptors (Lipinski definition) is 6. The maximum absolute atomic E-state index is 12.9. The Morgan fingerprint density at radius 3 is 2.61 bits per heavy atom. The molecule has 1 aliphatic rings. The van der Waals surface area contributed by atoms with Crippen LogP contribution in [0.25, 0.3) is 5.65 Å². The number of carbonyl (C=O) groups is 2. The normalized spacial score (nSPS) is 15.2. The lowest BCUT2D eigenvalue weighted by atomic mass is 9.96. The van der Waals surface area contributed by atoms with E-state index < -0.39 is 5.60 Å². The van der Waals surface area contributed by atoms with Crippen molar-refractivity contribution in [2.24, 2.45) is 0 Å². The first-order chi connectivity index (χ1) is 14.8. The number of nitrogens with zero attached hydrogens (tertiary/aromatic N) is 5. The van der Waals surface area contributed by atoms with Crippen LogP contribution < -0.4 is 4.90 Å². The van der Waals surface area contributed by atoms with E-state index in [1.807, 2.05) is 12.1 Å². The van der Waals surface area contributed by atoms with Gasteiger partial charge in [-0.2, -0.15) is 9.61 Å². The molecule has 8 nitrogen and oxygen atoms in total. The number of carbonyl (C=O) groups excluding carboxylic acids is 2. The number of aliphatic hydroxyl groups is 1. The molecule has 0 saturated carbocycles. The van der Waals surface area contributed by atoms with E-state index in [0.29, 0.717) is 30.0 Å². The van der Waals surface area contributed by atoms with Crippen LogP contribution in [0.1, 0.15) is 41.9 Å². The third-order valence-electron chi connectivity index (χ3n) is 5.65. The second-order valence-corrected chi connectivity index (χ2v) is 8.43. The van der Waals surface area contributed by atoms with Crippen molar-refractivity contribution >= 4 is 23.7 Å². The minimum absolute atomic E-state index is 0.0346. The number of hydrogen-bond donors (Lipinski definition) is 1. The van der Waals surface area contributed by atoms with E-state index >= 15 is 0 Å². The minimum atomic E-state index is -0.947. The smallest absolute Gasteiger partial charge is 0.209 e. The van der Waals surface area contributed by atoms with Crippen LogP contribution in [0.2, 0.25) is 0 Å². The Morgan fingerprint density at radius 1 is 1.13 bits per heavy atom. The summed E-state index contributed by atoms with van der Waals surface area (Å²) in [4.78, 5) is 32.6. The maximum atomic E-state index is 12.9. The fraction of sp³-hybridized carbons (Fsp3) is 0.391. The highest BCUT2D eigenvalue weighted by molar-refractivity contribution is 5.97. The number of Topliss-reactive ketones (excluding diaryl/α,β-unsaturated/α-hetero) is 1. The summed E-state index contributed by atoms with van der Waals surface area (Å²) in [6.07, 6.45) is 3.63. The molecule has 1 amide bonds. The van der Waals surface area contributed by atoms with E-state index in [-0.39, 0.29) is 12.2 Å². The van der Waals surface area contributed by atoms with E-state index in [2.05, 4.69) is 15.0 Å². The van der Waals surface area contributed by atoms with Gasteiger partial charge in [0.15, 0.2) is 11.4 Å². The summed E-state index contributed by atoms with van der Waals surface area (Å²) in [5.41, 5.74) is 1.76. The first-order valence-electron chi connectivity index (χ1n) is 10.5. The second kappa shape index (κ2) is 8.47. The number of anilines is 1. The highest BCUT2D eigenvalue weighted by Crippen LogP contribution is 2.22. The Labute approximate surface area is 181 Å². The zero-order valence-corrected chi connectivity index (χ0v) is 17.9. The third kappa shape index (κ3) is 4.59. The number of ketones is 1. The van der Waals surface area contributed by atoms with Gasteiger partial charge < -0.3 is 14.9 Å². The largest absolute Gasteiger partial charge is 0.386 e. The summed E-state index contributed by atoms with van der Waals surface area (Å²) in [6, 6.07) is 10.8. The van der Waals surface area contributed by atoms with E-state index in [4.69, 9.17) is 0 Å². The Hall–Kier alpha value is -3.26. The Balaban J connectivity index is 1.58. The SMILES string of the molecule is CC(C)(O)c1ccc(C(=O)Cc2cc(N3CCCN(C=O)CC3)n3nccc3n2)cc1. The van der Waals surface area contributed by atoms with Gasteiger partial charge in [-0.05, 0) is 25.8 Å². The predicted octanol–water partition coefficient (Wildman–Crippen LogP) is 2.05. The second-order valence-electron chi connectivity index (χ2n) is 8.43. The van der Waals surface area contributed by atoms with E-state index in [1.54, 1.807) is 53.7 Å². The number of rotatable bonds is 6. The topological polar surface area (TPSA) is 91.0 Å². The molecular weight excluding hydrogens is 394 g/mol. The van der Waals surface area contributed by atoms with Crippen LogP contribution in [0.5, 0.6) is 0 Å². The van der Waals surface area contributed by atoms with Crippen molar-refractivity contribution in [3.63, 3.8) is 0 Å². The monoisotopic (exact) mass is 421 g/mol. The predicted molar refractivity (Wildman–Crippen MR) is 117 cm³/mol. The van der Waals surface area contributed by atoms with Crippen molar-refractivity contribution < 1.29 is 14.7 Å². The minimum Gasteiger partial charge on any atom is -0.386 e. The summed E-state index contributed by atoms with van der Waals surface area (Å²) in [5.74, 6) is 0.843. The van der Waals surface area contributed by atoms with Crippen LogP contribution in [0.4, 0.5) is 5.82 Å². The molecule has 0 bridgehead atoms. The summed E-state index contributed by atoms with van der Waals surface area (Å²) in [6.45, 7) is 6.31. The average molecular weight is 422 g/mol. The molecule has 0 unspecified atom stereocenters. The van der Waals surface area contributed by atoms with Crippen LogP contribution >= 0.6 is 0 Å². The van der Waals surface area contributed by atoms with Crippen molar-refractivity contribution in [1.82, 2.24) is 19.5 Å². The molecule has 4 rings (SSSR count). The number of aromatic nitrogens is 3. The standard InChI is InChI=1S/C23H27N5O3/c1-23(2,31)18-6-4-17(5-7-18)20(30)14-19-15-22(28-21(25-19)8-9-24-28)27-11-3-10-26(16-29)12-13-27/h4-9,15-16,31H,3,10-14H2,1-2H3. The van der Waals surface area contributed by atoms with Crippen molar-refractivity contribution in [3.05, 3.63) is 59.4 Å². The van der Waals surface area contributed by atoms with Gasteiger partial charge in [0.2, 0.25) is 6.41 Å². The highest BCUT2D eigenvalue weighted by atomic mass is 16.3. The molecule has 0 spiro atoms. The van der Waals surface area contributed by atoms with Crippen LogP contribution in [0.15, 0.2) is 42.6 Å². The number of amides is 1. The number of fused-ring (bicyclic) bond motifs is 1. The van der Waals surface area contributed by atoms with Crippen LogP contribution in [0.3, 0.4) is 0 Å². The molecule has 3 aromatic rings. The molecule has 0 atom stereocenters. The van der Waals surface area contributed by atoms with Gasteiger partial charge in [0.1, 0.15) is 5.82 Å². The van der Waals surface area contributed by atoms with Crippen LogP contribution in [-0.4, -0.2) is 63.0 Å². The van der Waals surface area contributed by atoms with Gasteiger partial charge in [0, 0.05) is 43.9 Å². The van der Waals surface area contributed by atoms with E-state index in [1.165, 1.54) is 0 Å². The molecule has 3 heterocycles. The van der Waals surface area contributed by atoms with Crippen LogP contribution in [-0.2, 0) is 16.8 Å². The van der Waals surface area contributed by atoms with E-state index in [0.717, 1.165) is 37.3 Å². The third-order valence-corrected chi connectivity index (χ3v) is 5.65. The fourth-order valence-electron chi connectivity index (χ4n) is 3.87. The molecule has 1 fully saturated rings. The molecule has 1 aromatic carbocycles. The molecule has 1 N–H and O–H groups in total. The quantitative estimate of drug-likeness (QED) is 0.484. The van der Waals surface area contributed by atoms with E-state index in [9.17, 15) is 14.7 Å². The van der Waals surface area contributed by atoms with Crippen molar-refractivity contribution in [2.75, 3.05) is 31.1 Å². The van der Waals surface area contributed by atoms with Gasteiger partial charge in [-0.25, -0.2) is 4.98 Å². The average Bonchev–Trinajstić information content (AvgIpc) is 3.09. The molecule has 31 heavy (non-hydrogen) atoms. The lowest BCUT2D eigenvalue weighted by Gasteiger charge is -2.23. The lowest BCUT2D eigenvalue weighted by molar-refractivity contribution is -0.117. The maximum Gasteiger partial charge on any atom is 0.209 e. The first-order valence-corrected chi connectivity index (χ1v) is 10.5. The highest BCUT2D eigenvalue weighted by Gasteiger charge is 2.20. The van der Waals surface area contributed by atoms with Crippen LogP contribution in [0, 0.1) is 0 Å². The van der Waals surface area contributed by atoms with Crippen molar-refractivity contribution in [2.45, 2.75) is 32.3 Å². The van der Waals surface area contributed by atoms with Gasteiger partial charge in [0.25, 0.3) is 0 Å². The Morgan fingerprint density at radius 2 is 1.90 bits per heavy atom.